The van der Waals surface area contributed by atoms with Gasteiger partial charge in [-0.1, -0.05) is 66.7 Å². The average Bonchev–Trinajstić information content (AvgIpc) is 3.68. The van der Waals surface area contributed by atoms with Crippen LogP contribution in [0.1, 0.15) is 31.4 Å². The third-order valence-electron chi connectivity index (χ3n) is 5.96. The van der Waals surface area contributed by atoms with E-state index in [-0.39, 0.29) is 11.9 Å². The standard InChI is InChI=1S/C29H24FNO4S/c1-18(19-7-3-2-4-8-19)34-29(33)31-25-17-26(30)36-27(25)24-10-6-5-9-23(24)20-13-15-22(16-14-20)35-28(32)21-11-12-21/h2-10,13-18,21H,11-12H2,1H3,(H,31,33). The second-order valence-corrected chi connectivity index (χ2v) is 9.64. The molecule has 1 aliphatic carbocycles. The quantitative estimate of drug-likeness (QED) is 0.207. The smallest absolute Gasteiger partial charge is 0.412 e. The fourth-order valence-electron chi connectivity index (χ4n) is 3.90. The highest BCUT2D eigenvalue weighted by atomic mass is 32.1. The number of benzene rings is 3. The zero-order chi connectivity index (χ0) is 25.1. The molecule has 36 heavy (non-hydrogen) atoms. The predicted molar refractivity (Wildman–Crippen MR) is 138 cm³/mol. The third-order valence-corrected chi connectivity index (χ3v) is 6.91. The first-order valence-corrected chi connectivity index (χ1v) is 12.5. The number of esters is 1. The summed E-state index contributed by atoms with van der Waals surface area (Å²) in [5, 5.41) is 2.29. The zero-order valence-electron chi connectivity index (χ0n) is 19.6. The van der Waals surface area contributed by atoms with Gasteiger partial charge in [-0.15, -0.1) is 11.3 Å². The first-order valence-electron chi connectivity index (χ1n) is 11.7. The number of hydrogen-bond acceptors (Lipinski definition) is 5. The lowest BCUT2D eigenvalue weighted by molar-refractivity contribution is -0.135. The number of thiophene rings is 1. The minimum atomic E-state index is -0.662. The lowest BCUT2D eigenvalue weighted by Crippen LogP contribution is -2.16. The summed E-state index contributed by atoms with van der Waals surface area (Å²) in [5.74, 6) is 0.321. The van der Waals surface area contributed by atoms with E-state index in [1.54, 1.807) is 19.1 Å². The molecule has 1 atom stereocenters. The van der Waals surface area contributed by atoms with E-state index < -0.39 is 17.3 Å². The zero-order valence-corrected chi connectivity index (χ0v) is 20.4. The number of carbonyl (C=O) groups is 2. The van der Waals surface area contributed by atoms with Crippen LogP contribution >= 0.6 is 11.3 Å². The second kappa shape index (κ2) is 10.3. The molecule has 1 aromatic heterocycles. The molecule has 1 unspecified atom stereocenters. The lowest BCUT2D eigenvalue weighted by atomic mass is 9.98. The maximum Gasteiger partial charge on any atom is 0.412 e. The second-order valence-electron chi connectivity index (χ2n) is 8.64. The summed E-state index contributed by atoms with van der Waals surface area (Å²) in [5.41, 5.74) is 3.69. The molecule has 5 nitrogen and oxygen atoms in total. The molecule has 1 amide bonds. The summed E-state index contributed by atoms with van der Waals surface area (Å²) in [4.78, 5) is 25.2. The van der Waals surface area contributed by atoms with Gasteiger partial charge in [0, 0.05) is 11.6 Å². The molecule has 0 aliphatic heterocycles. The molecule has 3 aromatic carbocycles. The molecule has 4 aromatic rings. The number of halogens is 1. The van der Waals surface area contributed by atoms with Crippen molar-refractivity contribution in [3.8, 4) is 27.3 Å². The molecule has 7 heteroatoms. The molecule has 1 heterocycles. The summed E-state index contributed by atoms with van der Waals surface area (Å²) < 4.78 is 25.3. The SMILES string of the molecule is CC(OC(=O)Nc1cc(F)sc1-c1ccccc1-c1ccc(OC(=O)C2CC2)cc1)c1ccccc1. The number of nitrogens with one attached hydrogen (secondary N) is 1. The Morgan fingerprint density at radius 1 is 0.944 bits per heavy atom. The van der Waals surface area contributed by atoms with Crippen molar-refractivity contribution in [1.29, 1.82) is 0 Å². The van der Waals surface area contributed by atoms with Crippen molar-refractivity contribution in [1.82, 2.24) is 0 Å². The molecule has 0 radical (unpaired) electrons. The van der Waals surface area contributed by atoms with Crippen molar-refractivity contribution in [3.05, 3.63) is 95.6 Å². The van der Waals surface area contributed by atoms with E-state index in [4.69, 9.17) is 9.47 Å². The van der Waals surface area contributed by atoms with Gasteiger partial charge >= 0.3 is 12.1 Å². The van der Waals surface area contributed by atoms with E-state index in [2.05, 4.69) is 5.32 Å². The van der Waals surface area contributed by atoms with Gasteiger partial charge < -0.3 is 9.47 Å². The largest absolute Gasteiger partial charge is 0.441 e. The summed E-state index contributed by atoms with van der Waals surface area (Å²) in [7, 11) is 0. The number of amides is 1. The lowest BCUT2D eigenvalue weighted by Gasteiger charge is -2.15. The maximum atomic E-state index is 14.4. The van der Waals surface area contributed by atoms with Gasteiger partial charge in [-0.2, -0.15) is 4.39 Å². The highest BCUT2D eigenvalue weighted by Crippen LogP contribution is 2.41. The van der Waals surface area contributed by atoms with Crippen molar-refractivity contribution in [2.75, 3.05) is 5.32 Å². The minimum Gasteiger partial charge on any atom is -0.441 e. The Morgan fingerprint density at radius 3 is 2.31 bits per heavy atom. The van der Waals surface area contributed by atoms with Crippen molar-refractivity contribution in [2.45, 2.75) is 25.9 Å². The van der Waals surface area contributed by atoms with Crippen LogP contribution < -0.4 is 10.1 Å². The highest BCUT2D eigenvalue weighted by Gasteiger charge is 2.31. The monoisotopic (exact) mass is 501 g/mol. The molecule has 1 saturated carbocycles. The van der Waals surface area contributed by atoms with Crippen LogP contribution in [0.5, 0.6) is 5.75 Å². The van der Waals surface area contributed by atoms with Crippen LogP contribution in [-0.4, -0.2) is 12.1 Å². The fraction of sp³-hybridized carbons (Fsp3) is 0.172. The Kier molecular flexibility index (Phi) is 6.82. The maximum absolute atomic E-state index is 14.4. The van der Waals surface area contributed by atoms with Gasteiger partial charge in [0.25, 0.3) is 0 Å². The van der Waals surface area contributed by atoms with Crippen molar-refractivity contribution < 1.29 is 23.5 Å². The van der Waals surface area contributed by atoms with Crippen LogP contribution in [-0.2, 0) is 9.53 Å². The molecule has 0 saturated heterocycles. The Labute approximate surface area is 212 Å². The van der Waals surface area contributed by atoms with Crippen LogP contribution in [0.3, 0.4) is 0 Å². The molecule has 1 fully saturated rings. The van der Waals surface area contributed by atoms with Crippen molar-refractivity contribution >= 4 is 29.1 Å². The van der Waals surface area contributed by atoms with Crippen LogP contribution in [0, 0.1) is 11.0 Å². The Balaban J connectivity index is 1.37. The van der Waals surface area contributed by atoms with Crippen LogP contribution in [0.25, 0.3) is 21.6 Å². The Hall–Kier alpha value is -3.97. The topological polar surface area (TPSA) is 64.6 Å². The fourth-order valence-corrected chi connectivity index (χ4v) is 4.78. The van der Waals surface area contributed by atoms with E-state index in [0.29, 0.717) is 16.3 Å². The molecule has 1 aliphatic rings. The molecule has 182 valence electrons. The van der Waals surface area contributed by atoms with Gasteiger partial charge in [0.1, 0.15) is 11.9 Å². The highest BCUT2D eigenvalue weighted by molar-refractivity contribution is 7.14. The summed E-state index contributed by atoms with van der Waals surface area (Å²) in [6, 6.07) is 25.5. The van der Waals surface area contributed by atoms with E-state index in [9.17, 15) is 14.0 Å². The van der Waals surface area contributed by atoms with Gasteiger partial charge in [0.15, 0.2) is 5.13 Å². The molecule has 0 bridgehead atoms. The number of ether oxygens (including phenoxy) is 2. The molecule has 0 spiro atoms. The molecule has 1 N–H and O–H groups in total. The Morgan fingerprint density at radius 2 is 1.61 bits per heavy atom. The first kappa shape index (κ1) is 23.8. The van der Waals surface area contributed by atoms with Crippen LogP contribution in [0.4, 0.5) is 14.9 Å². The number of rotatable bonds is 7. The van der Waals surface area contributed by atoms with Crippen LogP contribution in [0.2, 0.25) is 0 Å². The molecular weight excluding hydrogens is 477 g/mol. The summed E-state index contributed by atoms with van der Waals surface area (Å²) in [6.45, 7) is 1.78. The average molecular weight is 502 g/mol. The van der Waals surface area contributed by atoms with Gasteiger partial charge in [0.05, 0.1) is 16.5 Å². The predicted octanol–water partition coefficient (Wildman–Crippen LogP) is 7.85. The molecule has 5 rings (SSSR count). The van der Waals surface area contributed by atoms with Gasteiger partial charge in [-0.25, -0.2) is 4.79 Å². The normalized spacial score (nSPS) is 13.6. The van der Waals surface area contributed by atoms with E-state index in [0.717, 1.165) is 46.4 Å². The van der Waals surface area contributed by atoms with E-state index >= 15 is 0 Å². The number of carbonyl (C=O) groups excluding carboxylic acids is 2. The number of hydrogen-bond donors (Lipinski definition) is 1. The van der Waals surface area contributed by atoms with Gasteiger partial charge in [0.2, 0.25) is 0 Å². The van der Waals surface area contributed by atoms with E-state index in [1.165, 1.54) is 6.07 Å². The van der Waals surface area contributed by atoms with Crippen molar-refractivity contribution in [3.63, 3.8) is 0 Å². The van der Waals surface area contributed by atoms with Gasteiger partial charge in [-0.05, 0) is 48.6 Å². The molecular formula is C29H24FNO4S. The first-order chi connectivity index (χ1) is 17.5. The third kappa shape index (κ3) is 5.47. The number of anilines is 1. The Bertz CT molecular complexity index is 1380. The van der Waals surface area contributed by atoms with Crippen LogP contribution in [0.15, 0.2) is 84.9 Å². The summed E-state index contributed by atoms with van der Waals surface area (Å²) in [6.07, 6.45) is 0.649. The van der Waals surface area contributed by atoms with Gasteiger partial charge in [-0.3, -0.25) is 10.1 Å². The minimum absolute atomic E-state index is 0.0208. The van der Waals surface area contributed by atoms with E-state index in [1.807, 2.05) is 66.7 Å². The summed E-state index contributed by atoms with van der Waals surface area (Å²) >= 11 is 0.949. The van der Waals surface area contributed by atoms with Crippen molar-refractivity contribution in [2.24, 2.45) is 5.92 Å².